The van der Waals surface area contributed by atoms with E-state index in [-0.39, 0.29) is 17.2 Å². The summed E-state index contributed by atoms with van der Waals surface area (Å²) in [6, 6.07) is -0.396. The molecule has 1 aliphatic heterocycles. The van der Waals surface area contributed by atoms with E-state index >= 15 is 0 Å². The summed E-state index contributed by atoms with van der Waals surface area (Å²) in [7, 11) is -3.16. The van der Waals surface area contributed by atoms with Crippen molar-refractivity contribution in [2.75, 3.05) is 5.75 Å². The lowest BCUT2D eigenvalue weighted by Gasteiger charge is -2.61. The van der Waals surface area contributed by atoms with Crippen LogP contribution in [0.5, 0.6) is 0 Å². The lowest BCUT2D eigenvalue weighted by molar-refractivity contribution is -0.156. The zero-order valence-electron chi connectivity index (χ0n) is 14.0. The Morgan fingerprint density at radius 2 is 1.96 bits per heavy atom. The van der Waals surface area contributed by atoms with Gasteiger partial charge in [-0.3, -0.25) is 4.79 Å². The number of hydrogen-bond donors (Lipinski definition) is 1. The van der Waals surface area contributed by atoms with Crippen LogP contribution in [0.3, 0.4) is 0 Å². The van der Waals surface area contributed by atoms with Gasteiger partial charge in [-0.25, -0.2) is 18.1 Å². The summed E-state index contributed by atoms with van der Waals surface area (Å²) < 4.78 is 25.2. The summed E-state index contributed by atoms with van der Waals surface area (Å²) in [6.07, 6.45) is 10.9. The number of nitrogens with zero attached hydrogens (tertiary/aromatic N) is 3. The van der Waals surface area contributed by atoms with Crippen molar-refractivity contribution in [2.24, 2.45) is 17.3 Å². The maximum absolute atomic E-state index is 13.2. The zero-order valence-corrected chi connectivity index (χ0v) is 14.8. The molecule has 2 heterocycles. The van der Waals surface area contributed by atoms with E-state index in [1.165, 1.54) is 11.8 Å². The van der Waals surface area contributed by atoms with Gasteiger partial charge >= 0.3 is 0 Å². The van der Waals surface area contributed by atoms with Crippen molar-refractivity contribution in [1.82, 2.24) is 20.1 Å². The number of hydrogen-bond acceptors (Lipinski definition) is 5. The van der Waals surface area contributed by atoms with Crippen molar-refractivity contribution in [3.8, 4) is 0 Å². The number of nitrogens with one attached hydrogen (secondary N) is 1. The van der Waals surface area contributed by atoms with Crippen molar-refractivity contribution in [3.05, 3.63) is 24.1 Å². The molecular formula is C17H22N4O3S. The smallest absolute Gasteiger partial charge is 0.226 e. The minimum Gasteiger partial charge on any atom is -0.348 e. The van der Waals surface area contributed by atoms with Crippen LogP contribution in [-0.2, 0) is 20.2 Å². The van der Waals surface area contributed by atoms with Crippen molar-refractivity contribution in [1.29, 1.82) is 0 Å². The molecule has 8 heteroatoms. The van der Waals surface area contributed by atoms with Crippen molar-refractivity contribution < 1.29 is 13.2 Å². The average Bonchev–Trinajstić information content (AvgIpc) is 3.16. The molecule has 25 heavy (non-hydrogen) atoms. The Balaban J connectivity index is 1.43. The molecule has 4 bridgehead atoms. The number of aromatic nitrogens is 3. The molecule has 7 nitrogen and oxygen atoms in total. The lowest BCUT2D eigenvalue weighted by Crippen LogP contribution is -2.61. The molecule has 0 saturated heterocycles. The Hall–Kier alpha value is -1.70. The molecule has 0 spiro atoms. The quantitative estimate of drug-likeness (QED) is 0.866. The Labute approximate surface area is 146 Å². The third kappa shape index (κ3) is 2.37. The first-order valence-electron chi connectivity index (χ1n) is 8.95. The van der Waals surface area contributed by atoms with Gasteiger partial charge < -0.3 is 5.32 Å². The van der Waals surface area contributed by atoms with Gasteiger partial charge in [0.05, 0.1) is 22.7 Å². The summed E-state index contributed by atoms with van der Waals surface area (Å²) in [5.74, 6) is 1.09. The van der Waals surface area contributed by atoms with Gasteiger partial charge in [-0.05, 0) is 56.4 Å². The van der Waals surface area contributed by atoms with Crippen LogP contribution in [0.25, 0.3) is 0 Å². The molecule has 1 N–H and O–H groups in total. The monoisotopic (exact) mass is 362 g/mol. The molecule has 0 radical (unpaired) electrons. The van der Waals surface area contributed by atoms with Crippen molar-refractivity contribution in [3.63, 3.8) is 0 Å². The summed E-state index contributed by atoms with van der Waals surface area (Å²) in [6.45, 7) is 0. The molecule has 0 aromatic carbocycles. The van der Waals surface area contributed by atoms with Crippen LogP contribution in [0.2, 0.25) is 0 Å². The maximum Gasteiger partial charge on any atom is 0.226 e. The zero-order chi connectivity index (χ0) is 17.3. The number of carbonyl (C=O) groups excluding carboxylic acids is 1. The van der Waals surface area contributed by atoms with Crippen LogP contribution in [0, 0.1) is 17.3 Å². The average molecular weight is 362 g/mol. The van der Waals surface area contributed by atoms with Gasteiger partial charge in [0.1, 0.15) is 12.7 Å². The maximum atomic E-state index is 13.2. The molecule has 4 aliphatic carbocycles. The fourth-order valence-corrected chi connectivity index (χ4v) is 7.42. The minimum atomic E-state index is -3.16. The van der Waals surface area contributed by atoms with E-state index in [0.717, 1.165) is 32.1 Å². The van der Waals surface area contributed by atoms with E-state index in [0.29, 0.717) is 11.8 Å². The van der Waals surface area contributed by atoms with Crippen LogP contribution in [0.1, 0.15) is 38.5 Å². The SMILES string of the molecule is O=C(NC1C=CS(=O)(=O)C1)C12CC3CC(C1)CC(n1cncn1)(C3)C2. The summed E-state index contributed by atoms with van der Waals surface area (Å²) in [5.41, 5.74) is -0.494. The third-order valence-electron chi connectivity index (χ3n) is 6.66. The van der Waals surface area contributed by atoms with Crippen molar-refractivity contribution >= 4 is 15.7 Å². The highest BCUT2D eigenvalue weighted by molar-refractivity contribution is 7.94. The number of amides is 1. The molecule has 4 saturated carbocycles. The van der Waals surface area contributed by atoms with Crippen LogP contribution in [0.4, 0.5) is 0 Å². The van der Waals surface area contributed by atoms with Gasteiger partial charge in [-0.2, -0.15) is 5.10 Å². The van der Waals surface area contributed by atoms with E-state index in [4.69, 9.17) is 0 Å². The lowest BCUT2D eigenvalue weighted by atomic mass is 9.46. The van der Waals surface area contributed by atoms with E-state index in [1.54, 1.807) is 18.7 Å². The topological polar surface area (TPSA) is 94.0 Å². The Morgan fingerprint density at radius 1 is 1.20 bits per heavy atom. The van der Waals surface area contributed by atoms with Gasteiger partial charge in [0.15, 0.2) is 9.84 Å². The van der Waals surface area contributed by atoms with Gasteiger partial charge in [-0.1, -0.05) is 0 Å². The van der Waals surface area contributed by atoms with Crippen molar-refractivity contribution in [2.45, 2.75) is 50.1 Å². The first-order valence-corrected chi connectivity index (χ1v) is 10.7. The molecule has 3 unspecified atom stereocenters. The fraction of sp³-hybridized carbons (Fsp3) is 0.706. The highest BCUT2D eigenvalue weighted by Gasteiger charge is 2.61. The molecule has 3 atom stereocenters. The Morgan fingerprint density at radius 3 is 2.56 bits per heavy atom. The summed E-state index contributed by atoms with van der Waals surface area (Å²) in [4.78, 5) is 17.3. The normalized spacial score (nSPS) is 43.4. The molecule has 1 aromatic heterocycles. The first-order chi connectivity index (χ1) is 11.9. The largest absolute Gasteiger partial charge is 0.348 e. The summed E-state index contributed by atoms with van der Waals surface area (Å²) >= 11 is 0. The second kappa shape index (κ2) is 4.93. The number of rotatable bonds is 3. The standard InChI is InChI=1S/C17H22N4O3S/c22-15(20-14-1-2-25(23,24)8-14)16-4-12-3-13(5-16)7-17(6-12,9-16)21-11-18-10-19-21/h1-2,10-14H,3-9H2,(H,20,22). The van der Waals surface area contributed by atoms with Gasteiger partial charge in [0.2, 0.25) is 5.91 Å². The second-order valence-corrected chi connectivity index (χ2v) is 10.5. The predicted octanol–water partition coefficient (Wildman–Crippen LogP) is 1.00. The molecule has 4 fully saturated rings. The molecule has 134 valence electrons. The third-order valence-corrected chi connectivity index (χ3v) is 8.06. The van der Waals surface area contributed by atoms with Gasteiger partial charge in [0.25, 0.3) is 0 Å². The van der Waals surface area contributed by atoms with E-state index < -0.39 is 21.3 Å². The van der Waals surface area contributed by atoms with Gasteiger partial charge in [0, 0.05) is 5.41 Å². The van der Waals surface area contributed by atoms with Crippen LogP contribution in [0.15, 0.2) is 24.1 Å². The summed E-state index contributed by atoms with van der Waals surface area (Å²) in [5, 5.41) is 8.62. The molecule has 5 aliphatic rings. The first kappa shape index (κ1) is 15.5. The Bertz CT molecular complexity index is 831. The molecule has 6 rings (SSSR count). The molecule has 1 aromatic rings. The van der Waals surface area contributed by atoms with E-state index in [9.17, 15) is 13.2 Å². The minimum absolute atomic E-state index is 0.0180. The molecule has 1 amide bonds. The second-order valence-electron chi connectivity index (χ2n) is 8.54. The van der Waals surface area contributed by atoms with Crippen LogP contribution >= 0.6 is 0 Å². The van der Waals surface area contributed by atoms with E-state index in [1.807, 2.05) is 4.68 Å². The highest BCUT2D eigenvalue weighted by Crippen LogP contribution is 2.64. The van der Waals surface area contributed by atoms with Crippen LogP contribution < -0.4 is 5.32 Å². The predicted molar refractivity (Wildman–Crippen MR) is 90.0 cm³/mol. The highest BCUT2D eigenvalue weighted by atomic mass is 32.2. The van der Waals surface area contributed by atoms with Crippen LogP contribution in [-0.4, -0.2) is 40.9 Å². The Kier molecular flexibility index (Phi) is 3.07. The number of carbonyl (C=O) groups is 1. The molecular weight excluding hydrogens is 340 g/mol. The number of sulfone groups is 1. The van der Waals surface area contributed by atoms with Gasteiger partial charge in [-0.15, -0.1) is 0 Å². The fourth-order valence-electron chi connectivity index (χ4n) is 6.19. The van der Waals surface area contributed by atoms with E-state index in [2.05, 4.69) is 15.4 Å².